The molecule has 1 aliphatic rings. The topological polar surface area (TPSA) is 76.7 Å². The van der Waals surface area contributed by atoms with E-state index in [1.54, 1.807) is 6.92 Å². The zero-order valence-corrected chi connectivity index (χ0v) is 11.1. The van der Waals surface area contributed by atoms with E-state index in [1.165, 1.54) is 12.8 Å². The number of rotatable bonds is 3. The third-order valence-corrected chi connectivity index (χ3v) is 3.69. The third kappa shape index (κ3) is 1.84. The van der Waals surface area contributed by atoms with E-state index >= 15 is 0 Å². The zero-order chi connectivity index (χ0) is 13.7. The quantitative estimate of drug-likeness (QED) is 0.790. The molecule has 1 saturated carbocycles. The van der Waals surface area contributed by atoms with Crippen molar-refractivity contribution in [1.29, 1.82) is 0 Å². The van der Waals surface area contributed by atoms with Crippen LogP contribution < -0.4 is 5.69 Å². The molecule has 1 aliphatic carbocycles. The highest BCUT2D eigenvalue weighted by atomic mass is 16.5. The average molecular weight is 270 g/mol. The Balaban J connectivity index is 1.82. The molecule has 1 aromatic carbocycles. The lowest BCUT2D eigenvalue weighted by Gasteiger charge is -2.01. The van der Waals surface area contributed by atoms with Crippen molar-refractivity contribution in [2.75, 3.05) is 0 Å². The second-order valence-corrected chi connectivity index (χ2v) is 5.36. The second kappa shape index (κ2) is 4.06. The van der Waals surface area contributed by atoms with Gasteiger partial charge in [-0.25, -0.2) is 4.79 Å². The van der Waals surface area contributed by atoms with Crippen molar-refractivity contribution in [1.82, 2.24) is 19.7 Å². The lowest BCUT2D eigenvalue weighted by Crippen LogP contribution is -2.17. The highest BCUT2D eigenvalue weighted by molar-refractivity contribution is 5.80. The van der Waals surface area contributed by atoms with Crippen molar-refractivity contribution in [3.05, 3.63) is 34.5 Å². The number of nitrogens with zero attached hydrogens (tertiary/aromatic N) is 3. The number of H-pyrrole nitrogens is 1. The van der Waals surface area contributed by atoms with Crippen LogP contribution in [-0.2, 0) is 6.54 Å². The van der Waals surface area contributed by atoms with E-state index in [9.17, 15) is 4.79 Å². The third-order valence-electron chi connectivity index (χ3n) is 3.69. The van der Waals surface area contributed by atoms with E-state index < -0.39 is 0 Å². The number of nitrogens with one attached hydrogen (secondary N) is 1. The van der Waals surface area contributed by atoms with Crippen LogP contribution in [0.2, 0.25) is 0 Å². The van der Waals surface area contributed by atoms with E-state index in [2.05, 4.69) is 15.1 Å². The molecule has 0 radical (unpaired) electrons. The standard InChI is InChI=1S/C14H14N4O2/c1-8-15-13(20-17-8)10-4-5-12-11(6-10)16-14(19)18(12)7-9-2-3-9/h4-6,9H,2-3,7H2,1H3,(H,16,19). The molecule has 20 heavy (non-hydrogen) atoms. The Labute approximate surface area is 114 Å². The predicted molar refractivity (Wildman–Crippen MR) is 73.3 cm³/mol. The Kier molecular flexibility index (Phi) is 2.33. The Morgan fingerprint density at radius 2 is 2.30 bits per heavy atom. The summed E-state index contributed by atoms with van der Waals surface area (Å²) in [6.45, 7) is 2.58. The molecular weight excluding hydrogens is 256 g/mol. The van der Waals surface area contributed by atoms with Gasteiger partial charge in [-0.05, 0) is 43.9 Å². The monoisotopic (exact) mass is 270 g/mol. The SMILES string of the molecule is Cc1noc(-c2ccc3c(c2)[nH]c(=O)n3CC2CC2)n1. The minimum absolute atomic E-state index is 0.0502. The van der Waals surface area contributed by atoms with Crippen molar-refractivity contribution in [3.8, 4) is 11.5 Å². The van der Waals surface area contributed by atoms with Crippen LogP contribution in [0.15, 0.2) is 27.5 Å². The van der Waals surface area contributed by atoms with Crippen LogP contribution in [0.5, 0.6) is 0 Å². The van der Waals surface area contributed by atoms with Gasteiger partial charge in [0.15, 0.2) is 5.82 Å². The normalized spacial score (nSPS) is 15.1. The summed E-state index contributed by atoms with van der Waals surface area (Å²) in [5.41, 5.74) is 2.51. The van der Waals surface area contributed by atoms with E-state index in [-0.39, 0.29) is 5.69 Å². The number of aromatic amines is 1. The number of hydrogen-bond donors (Lipinski definition) is 1. The fraction of sp³-hybridized carbons (Fsp3) is 0.357. The molecular formula is C14H14N4O2. The first-order chi connectivity index (χ1) is 9.70. The van der Waals surface area contributed by atoms with E-state index in [1.807, 2.05) is 22.8 Å². The van der Waals surface area contributed by atoms with Crippen LogP contribution in [-0.4, -0.2) is 19.7 Å². The molecule has 1 N–H and O–H groups in total. The lowest BCUT2D eigenvalue weighted by molar-refractivity contribution is 0.425. The Morgan fingerprint density at radius 1 is 1.45 bits per heavy atom. The highest BCUT2D eigenvalue weighted by Gasteiger charge is 2.23. The molecule has 0 bridgehead atoms. The molecule has 2 heterocycles. The van der Waals surface area contributed by atoms with Gasteiger partial charge in [-0.3, -0.25) is 4.57 Å². The van der Waals surface area contributed by atoms with Crippen LogP contribution in [0, 0.1) is 12.8 Å². The van der Waals surface area contributed by atoms with E-state index in [0.717, 1.165) is 23.1 Å². The number of aromatic nitrogens is 4. The maximum atomic E-state index is 12.0. The maximum Gasteiger partial charge on any atom is 0.326 e. The molecule has 2 aromatic heterocycles. The number of benzene rings is 1. The molecule has 0 spiro atoms. The van der Waals surface area contributed by atoms with Crippen molar-refractivity contribution < 1.29 is 4.52 Å². The molecule has 4 rings (SSSR count). The van der Waals surface area contributed by atoms with Gasteiger partial charge in [0.05, 0.1) is 11.0 Å². The second-order valence-electron chi connectivity index (χ2n) is 5.36. The number of imidazole rings is 1. The number of hydrogen-bond acceptors (Lipinski definition) is 4. The van der Waals surface area contributed by atoms with Gasteiger partial charge >= 0.3 is 5.69 Å². The van der Waals surface area contributed by atoms with Crippen molar-refractivity contribution in [2.45, 2.75) is 26.3 Å². The fourth-order valence-electron chi connectivity index (χ4n) is 2.45. The molecule has 0 unspecified atom stereocenters. The average Bonchev–Trinajstić information content (AvgIpc) is 3.06. The largest absolute Gasteiger partial charge is 0.334 e. The molecule has 1 fully saturated rings. The van der Waals surface area contributed by atoms with Crippen LogP contribution in [0.4, 0.5) is 0 Å². The van der Waals surface area contributed by atoms with Crippen molar-refractivity contribution in [2.24, 2.45) is 5.92 Å². The van der Waals surface area contributed by atoms with Crippen molar-refractivity contribution in [3.63, 3.8) is 0 Å². The van der Waals surface area contributed by atoms with Gasteiger partial charge in [-0.2, -0.15) is 4.98 Å². The summed E-state index contributed by atoms with van der Waals surface area (Å²) in [6.07, 6.45) is 2.44. The summed E-state index contributed by atoms with van der Waals surface area (Å²) in [6, 6.07) is 5.73. The smallest absolute Gasteiger partial charge is 0.326 e. The van der Waals surface area contributed by atoms with Gasteiger partial charge in [0, 0.05) is 12.1 Å². The molecule has 6 nitrogen and oxygen atoms in total. The Hall–Kier alpha value is -2.37. The van der Waals surface area contributed by atoms with Gasteiger partial charge in [0.2, 0.25) is 0 Å². The van der Waals surface area contributed by atoms with E-state index in [4.69, 9.17) is 4.52 Å². The summed E-state index contributed by atoms with van der Waals surface area (Å²) in [5.74, 6) is 1.73. The van der Waals surface area contributed by atoms with Crippen LogP contribution in [0.25, 0.3) is 22.5 Å². The predicted octanol–water partition coefficient (Wildman–Crippen LogP) is 2.10. The van der Waals surface area contributed by atoms with Crippen LogP contribution in [0.1, 0.15) is 18.7 Å². The fourth-order valence-corrected chi connectivity index (χ4v) is 2.45. The number of aryl methyl sites for hydroxylation is 1. The lowest BCUT2D eigenvalue weighted by atomic mass is 10.2. The van der Waals surface area contributed by atoms with Gasteiger partial charge in [-0.1, -0.05) is 5.16 Å². The Morgan fingerprint density at radius 3 is 3.00 bits per heavy atom. The summed E-state index contributed by atoms with van der Waals surface area (Å²) in [7, 11) is 0. The van der Waals surface area contributed by atoms with E-state index in [0.29, 0.717) is 17.6 Å². The van der Waals surface area contributed by atoms with Crippen LogP contribution in [0.3, 0.4) is 0 Å². The summed E-state index contributed by atoms with van der Waals surface area (Å²) in [5, 5.41) is 3.78. The molecule has 0 atom stereocenters. The highest BCUT2D eigenvalue weighted by Crippen LogP contribution is 2.31. The molecule has 0 amide bonds. The minimum Gasteiger partial charge on any atom is -0.334 e. The summed E-state index contributed by atoms with van der Waals surface area (Å²) < 4.78 is 6.97. The van der Waals surface area contributed by atoms with Crippen molar-refractivity contribution >= 4 is 11.0 Å². The van der Waals surface area contributed by atoms with Gasteiger partial charge in [-0.15, -0.1) is 0 Å². The molecule has 0 saturated heterocycles. The molecule has 0 aliphatic heterocycles. The summed E-state index contributed by atoms with van der Waals surface area (Å²) >= 11 is 0. The first-order valence-corrected chi connectivity index (χ1v) is 6.74. The van der Waals surface area contributed by atoms with Gasteiger partial charge < -0.3 is 9.51 Å². The first-order valence-electron chi connectivity index (χ1n) is 6.74. The molecule has 3 aromatic rings. The number of fused-ring (bicyclic) bond motifs is 1. The molecule has 6 heteroatoms. The zero-order valence-electron chi connectivity index (χ0n) is 11.1. The van der Waals surface area contributed by atoms with Gasteiger partial charge in [0.1, 0.15) is 0 Å². The summed E-state index contributed by atoms with van der Waals surface area (Å²) in [4.78, 5) is 19.1. The van der Waals surface area contributed by atoms with Gasteiger partial charge in [0.25, 0.3) is 5.89 Å². The minimum atomic E-state index is -0.0502. The maximum absolute atomic E-state index is 12.0. The first kappa shape index (κ1) is 11.5. The molecule has 102 valence electrons. The Bertz CT molecular complexity index is 838. The van der Waals surface area contributed by atoms with Crippen LogP contribution >= 0.6 is 0 Å².